The van der Waals surface area contributed by atoms with Crippen LogP contribution in [0.5, 0.6) is 23.0 Å². The van der Waals surface area contributed by atoms with Gasteiger partial charge in [0.1, 0.15) is 22.9 Å². The molecule has 0 aliphatic carbocycles. The van der Waals surface area contributed by atoms with Crippen molar-refractivity contribution in [2.75, 3.05) is 12.4 Å². The molecular weight excluding hydrogens is 410 g/mol. The lowest BCUT2D eigenvalue weighted by Crippen LogP contribution is -2.25. The average Bonchev–Trinajstić information content (AvgIpc) is 2.81. The van der Waals surface area contributed by atoms with Gasteiger partial charge in [0.15, 0.2) is 11.4 Å². The number of ether oxygens (including phenoxy) is 2. The van der Waals surface area contributed by atoms with Crippen LogP contribution in [0, 0.1) is 0 Å². The zero-order valence-electron chi connectivity index (χ0n) is 17.1. The Morgan fingerprint density at radius 2 is 1.59 bits per heavy atom. The number of carbonyl (C=O) groups excluding carboxylic acids is 1. The Kier molecular flexibility index (Phi) is 5.85. The van der Waals surface area contributed by atoms with Gasteiger partial charge in [-0.05, 0) is 48.5 Å². The molecule has 0 saturated heterocycles. The second-order valence-electron chi connectivity index (χ2n) is 6.69. The summed E-state index contributed by atoms with van der Waals surface area (Å²) < 4.78 is 12.0. The Morgan fingerprint density at radius 1 is 0.938 bits per heavy atom. The van der Waals surface area contributed by atoms with E-state index in [4.69, 9.17) is 9.47 Å². The summed E-state index contributed by atoms with van der Waals surface area (Å²) in [5, 5.41) is 16.9. The van der Waals surface area contributed by atoms with Crippen LogP contribution in [-0.4, -0.2) is 27.9 Å². The van der Waals surface area contributed by atoms with Gasteiger partial charge in [0.25, 0.3) is 11.5 Å². The zero-order valence-corrected chi connectivity index (χ0v) is 17.1. The fourth-order valence-electron chi connectivity index (χ4n) is 3.01. The van der Waals surface area contributed by atoms with Crippen molar-refractivity contribution in [3.05, 3.63) is 101 Å². The molecule has 8 nitrogen and oxygen atoms in total. The summed E-state index contributed by atoms with van der Waals surface area (Å²) >= 11 is 0. The first-order valence-electron chi connectivity index (χ1n) is 9.66. The van der Waals surface area contributed by atoms with Crippen LogP contribution in [-0.2, 0) is 0 Å². The number of hydrogen-bond donors (Lipinski definition) is 2. The minimum absolute atomic E-state index is 0.305. The standard InChI is InChI=1S/C24H19N3O5/c1-31-21-10-6-5-9-19(21)27-22(29)15-20(28)23(26-27)24(30)25-16-11-13-18(14-12-16)32-17-7-3-2-4-8-17/h2-15,28H,1H3,(H,25,30). The lowest BCUT2D eigenvalue weighted by Gasteiger charge is -2.12. The van der Waals surface area contributed by atoms with Crippen LogP contribution in [0.25, 0.3) is 5.69 Å². The Balaban J connectivity index is 1.56. The molecule has 0 saturated carbocycles. The molecule has 32 heavy (non-hydrogen) atoms. The van der Waals surface area contributed by atoms with E-state index in [2.05, 4.69) is 10.4 Å². The van der Waals surface area contributed by atoms with Gasteiger partial charge in [0.2, 0.25) is 0 Å². The molecule has 4 rings (SSSR count). The highest BCUT2D eigenvalue weighted by molar-refractivity contribution is 6.04. The summed E-state index contributed by atoms with van der Waals surface area (Å²) in [4.78, 5) is 25.1. The van der Waals surface area contributed by atoms with Gasteiger partial charge in [0.05, 0.1) is 7.11 Å². The van der Waals surface area contributed by atoms with E-state index < -0.39 is 17.2 Å². The Morgan fingerprint density at radius 3 is 2.31 bits per heavy atom. The third-order valence-corrected chi connectivity index (χ3v) is 4.53. The summed E-state index contributed by atoms with van der Waals surface area (Å²) in [5.41, 5.74) is -0.103. The smallest absolute Gasteiger partial charge is 0.279 e. The van der Waals surface area contributed by atoms with Gasteiger partial charge < -0.3 is 19.9 Å². The molecule has 1 amide bonds. The van der Waals surface area contributed by atoms with Crippen molar-refractivity contribution in [3.63, 3.8) is 0 Å². The number of aromatic nitrogens is 2. The van der Waals surface area contributed by atoms with E-state index in [0.29, 0.717) is 28.6 Å². The molecule has 0 bridgehead atoms. The molecule has 3 aromatic carbocycles. The van der Waals surface area contributed by atoms with Gasteiger partial charge in [-0.15, -0.1) is 0 Å². The zero-order chi connectivity index (χ0) is 22.5. The molecule has 0 atom stereocenters. The van der Waals surface area contributed by atoms with Crippen LogP contribution in [0.15, 0.2) is 89.7 Å². The fraction of sp³-hybridized carbons (Fsp3) is 0.0417. The van der Waals surface area contributed by atoms with Crippen LogP contribution in [0.3, 0.4) is 0 Å². The Labute approximate surface area is 183 Å². The van der Waals surface area contributed by atoms with Crippen molar-refractivity contribution in [2.24, 2.45) is 0 Å². The van der Waals surface area contributed by atoms with E-state index in [1.165, 1.54) is 7.11 Å². The largest absolute Gasteiger partial charge is 0.505 e. The second-order valence-corrected chi connectivity index (χ2v) is 6.69. The molecule has 1 heterocycles. The van der Waals surface area contributed by atoms with Crippen LogP contribution >= 0.6 is 0 Å². The molecular formula is C24H19N3O5. The van der Waals surface area contributed by atoms with Crippen LogP contribution in [0.1, 0.15) is 10.5 Å². The van der Waals surface area contributed by atoms with Gasteiger partial charge in [-0.25, -0.2) is 0 Å². The summed E-state index contributed by atoms with van der Waals surface area (Å²) in [7, 11) is 1.46. The maximum absolute atomic E-state index is 12.7. The van der Waals surface area contributed by atoms with Crippen molar-refractivity contribution in [3.8, 4) is 28.7 Å². The van der Waals surface area contributed by atoms with Gasteiger partial charge in [-0.3, -0.25) is 9.59 Å². The molecule has 0 spiro atoms. The molecule has 1 aromatic heterocycles. The number of rotatable bonds is 6. The molecule has 0 fully saturated rings. The van der Waals surface area contributed by atoms with Crippen LogP contribution < -0.4 is 20.3 Å². The molecule has 0 unspecified atom stereocenters. The number of carbonyl (C=O) groups is 1. The van der Waals surface area contributed by atoms with E-state index in [0.717, 1.165) is 10.7 Å². The van der Waals surface area contributed by atoms with Crippen molar-refractivity contribution in [2.45, 2.75) is 0 Å². The quantitative estimate of drug-likeness (QED) is 0.480. The van der Waals surface area contributed by atoms with E-state index in [1.54, 1.807) is 48.5 Å². The van der Waals surface area contributed by atoms with Crippen molar-refractivity contribution >= 4 is 11.6 Å². The molecule has 4 aromatic rings. The molecule has 0 aliphatic heterocycles. The number of benzene rings is 3. The first-order chi connectivity index (χ1) is 15.5. The van der Waals surface area contributed by atoms with Gasteiger partial charge in [-0.1, -0.05) is 30.3 Å². The number of nitrogens with zero attached hydrogens (tertiary/aromatic N) is 2. The summed E-state index contributed by atoms with van der Waals surface area (Å²) in [6, 6.07) is 23.7. The van der Waals surface area contributed by atoms with Crippen LogP contribution in [0.2, 0.25) is 0 Å². The van der Waals surface area contributed by atoms with Crippen molar-refractivity contribution < 1.29 is 19.4 Å². The number of nitrogens with one attached hydrogen (secondary N) is 1. The topological polar surface area (TPSA) is 103 Å². The number of hydrogen-bond acceptors (Lipinski definition) is 6. The highest BCUT2D eigenvalue weighted by Gasteiger charge is 2.18. The first-order valence-corrected chi connectivity index (χ1v) is 9.66. The summed E-state index contributed by atoms with van der Waals surface area (Å²) in [6.07, 6.45) is 0. The first kappa shape index (κ1) is 20.7. The monoisotopic (exact) mass is 429 g/mol. The molecule has 2 N–H and O–H groups in total. The van der Waals surface area contributed by atoms with Crippen LogP contribution in [0.4, 0.5) is 5.69 Å². The molecule has 160 valence electrons. The fourth-order valence-corrected chi connectivity index (χ4v) is 3.01. The molecule has 0 radical (unpaired) electrons. The van der Waals surface area contributed by atoms with Crippen molar-refractivity contribution in [1.29, 1.82) is 0 Å². The Bertz CT molecular complexity index is 1300. The SMILES string of the molecule is COc1ccccc1-n1nc(C(=O)Nc2ccc(Oc3ccccc3)cc2)c(O)cc1=O. The summed E-state index contributed by atoms with van der Waals surface area (Å²) in [5.74, 6) is 0.482. The maximum atomic E-state index is 12.7. The van der Waals surface area contributed by atoms with E-state index in [1.807, 2.05) is 30.3 Å². The van der Waals surface area contributed by atoms with Gasteiger partial charge in [-0.2, -0.15) is 9.78 Å². The van der Waals surface area contributed by atoms with E-state index in [-0.39, 0.29) is 5.69 Å². The lowest BCUT2D eigenvalue weighted by atomic mass is 10.2. The number of amides is 1. The average molecular weight is 429 g/mol. The number of para-hydroxylation sites is 3. The second kappa shape index (κ2) is 9.05. The summed E-state index contributed by atoms with van der Waals surface area (Å²) in [6.45, 7) is 0. The predicted molar refractivity (Wildman–Crippen MR) is 119 cm³/mol. The lowest BCUT2D eigenvalue weighted by molar-refractivity contribution is 0.101. The van der Waals surface area contributed by atoms with Crippen molar-refractivity contribution in [1.82, 2.24) is 9.78 Å². The minimum atomic E-state index is -0.678. The highest BCUT2D eigenvalue weighted by Crippen LogP contribution is 2.24. The number of methoxy groups -OCH3 is 1. The predicted octanol–water partition coefficient (Wildman–Crippen LogP) is 3.99. The molecule has 8 heteroatoms. The highest BCUT2D eigenvalue weighted by atomic mass is 16.5. The maximum Gasteiger partial charge on any atom is 0.279 e. The Hall–Kier alpha value is -4.59. The number of anilines is 1. The normalized spacial score (nSPS) is 10.4. The number of aromatic hydroxyl groups is 1. The van der Waals surface area contributed by atoms with E-state index >= 15 is 0 Å². The minimum Gasteiger partial charge on any atom is -0.505 e. The van der Waals surface area contributed by atoms with Gasteiger partial charge >= 0.3 is 0 Å². The third kappa shape index (κ3) is 4.44. The van der Waals surface area contributed by atoms with Gasteiger partial charge in [0, 0.05) is 11.8 Å². The van der Waals surface area contributed by atoms with E-state index in [9.17, 15) is 14.7 Å². The third-order valence-electron chi connectivity index (χ3n) is 4.53. The molecule has 0 aliphatic rings.